The lowest BCUT2D eigenvalue weighted by molar-refractivity contribution is 0.397. The summed E-state index contributed by atoms with van der Waals surface area (Å²) < 4.78 is 24.6. The molecular formula is C18H18FN3O2. The highest BCUT2D eigenvalue weighted by Gasteiger charge is 2.15. The monoisotopic (exact) mass is 327 g/mol. The molecule has 124 valence electrons. The molecule has 2 aromatic carbocycles. The number of nitrogens with one attached hydrogen (secondary N) is 1. The molecular weight excluding hydrogens is 309 g/mol. The standard InChI is InChI=1S/C18H18FN3O2/c1-11(14-9-12(23-2)7-8-16(14)24-3)22-18-13-5-4-6-15(19)17(13)20-10-21-18/h4-11H,1-3H3,(H,20,21,22). The SMILES string of the molecule is COc1ccc(OC)c(C(C)Nc2ncnc3c(F)cccc23)c1. The third-order valence-electron chi connectivity index (χ3n) is 3.87. The molecule has 6 heteroatoms. The van der Waals surface area contributed by atoms with Crippen molar-refractivity contribution in [3.63, 3.8) is 0 Å². The van der Waals surface area contributed by atoms with Crippen molar-refractivity contribution < 1.29 is 13.9 Å². The summed E-state index contributed by atoms with van der Waals surface area (Å²) in [7, 11) is 3.23. The van der Waals surface area contributed by atoms with Gasteiger partial charge in [-0.05, 0) is 37.3 Å². The fourth-order valence-electron chi connectivity index (χ4n) is 2.63. The highest BCUT2D eigenvalue weighted by atomic mass is 19.1. The van der Waals surface area contributed by atoms with Crippen molar-refractivity contribution in [2.24, 2.45) is 0 Å². The first kappa shape index (κ1) is 16.0. The summed E-state index contributed by atoms with van der Waals surface area (Å²) in [5.74, 6) is 1.67. The minimum absolute atomic E-state index is 0.128. The Hall–Kier alpha value is -2.89. The quantitative estimate of drug-likeness (QED) is 0.769. The van der Waals surface area contributed by atoms with Gasteiger partial charge in [-0.25, -0.2) is 14.4 Å². The van der Waals surface area contributed by atoms with E-state index in [1.54, 1.807) is 26.4 Å². The van der Waals surface area contributed by atoms with E-state index in [9.17, 15) is 4.39 Å². The molecule has 0 aliphatic heterocycles. The molecule has 1 aromatic heterocycles. The Bertz CT molecular complexity index is 870. The third kappa shape index (κ3) is 2.95. The van der Waals surface area contributed by atoms with E-state index in [-0.39, 0.29) is 11.9 Å². The molecule has 0 bridgehead atoms. The van der Waals surface area contributed by atoms with E-state index in [2.05, 4.69) is 15.3 Å². The van der Waals surface area contributed by atoms with Crippen LogP contribution in [-0.4, -0.2) is 24.2 Å². The number of anilines is 1. The van der Waals surface area contributed by atoms with E-state index in [0.717, 1.165) is 17.1 Å². The molecule has 1 N–H and O–H groups in total. The topological polar surface area (TPSA) is 56.3 Å². The molecule has 1 heterocycles. The summed E-state index contributed by atoms with van der Waals surface area (Å²) >= 11 is 0. The summed E-state index contributed by atoms with van der Waals surface area (Å²) in [6.45, 7) is 1.98. The number of halogens is 1. The zero-order chi connectivity index (χ0) is 17.1. The second-order valence-corrected chi connectivity index (χ2v) is 5.33. The summed E-state index contributed by atoms with van der Waals surface area (Å²) in [5.41, 5.74) is 1.21. The van der Waals surface area contributed by atoms with Gasteiger partial charge in [0.15, 0.2) is 0 Å². The van der Waals surface area contributed by atoms with E-state index in [4.69, 9.17) is 9.47 Å². The van der Waals surface area contributed by atoms with Gasteiger partial charge in [0.2, 0.25) is 0 Å². The average molecular weight is 327 g/mol. The van der Waals surface area contributed by atoms with Crippen LogP contribution in [-0.2, 0) is 0 Å². The van der Waals surface area contributed by atoms with Crippen molar-refractivity contribution in [2.75, 3.05) is 19.5 Å². The van der Waals surface area contributed by atoms with E-state index < -0.39 is 0 Å². The first-order valence-electron chi connectivity index (χ1n) is 7.51. The van der Waals surface area contributed by atoms with Gasteiger partial charge in [0, 0.05) is 10.9 Å². The molecule has 0 radical (unpaired) electrons. The molecule has 0 saturated heterocycles. The Balaban J connectivity index is 1.99. The van der Waals surface area contributed by atoms with E-state index in [0.29, 0.717) is 16.7 Å². The molecule has 1 unspecified atom stereocenters. The number of aromatic nitrogens is 2. The lowest BCUT2D eigenvalue weighted by atomic mass is 10.1. The highest BCUT2D eigenvalue weighted by Crippen LogP contribution is 2.32. The molecule has 0 saturated carbocycles. The van der Waals surface area contributed by atoms with Gasteiger partial charge in [0.25, 0.3) is 0 Å². The summed E-state index contributed by atoms with van der Waals surface area (Å²) in [4.78, 5) is 8.26. The molecule has 0 fully saturated rings. The fourth-order valence-corrected chi connectivity index (χ4v) is 2.63. The van der Waals surface area contributed by atoms with Crippen molar-refractivity contribution in [1.29, 1.82) is 0 Å². The van der Waals surface area contributed by atoms with Gasteiger partial charge < -0.3 is 14.8 Å². The minimum Gasteiger partial charge on any atom is -0.497 e. The maximum absolute atomic E-state index is 13.9. The predicted molar refractivity (Wildman–Crippen MR) is 91.1 cm³/mol. The zero-order valence-electron chi connectivity index (χ0n) is 13.7. The van der Waals surface area contributed by atoms with E-state index in [1.165, 1.54) is 12.4 Å². The van der Waals surface area contributed by atoms with Crippen LogP contribution in [0.3, 0.4) is 0 Å². The van der Waals surface area contributed by atoms with Gasteiger partial charge in [0.1, 0.15) is 35.0 Å². The molecule has 5 nitrogen and oxygen atoms in total. The molecule has 0 aliphatic rings. The Morgan fingerprint density at radius 3 is 2.67 bits per heavy atom. The van der Waals surface area contributed by atoms with Crippen LogP contribution in [0.1, 0.15) is 18.5 Å². The zero-order valence-corrected chi connectivity index (χ0v) is 13.7. The fraction of sp³-hybridized carbons (Fsp3) is 0.222. The number of benzene rings is 2. The average Bonchev–Trinajstić information content (AvgIpc) is 2.62. The van der Waals surface area contributed by atoms with Crippen molar-refractivity contribution in [2.45, 2.75) is 13.0 Å². The number of methoxy groups -OCH3 is 2. The highest BCUT2D eigenvalue weighted by molar-refractivity contribution is 5.89. The van der Waals surface area contributed by atoms with Crippen LogP contribution in [0.15, 0.2) is 42.7 Å². The van der Waals surface area contributed by atoms with E-state index >= 15 is 0 Å². The summed E-state index contributed by atoms with van der Waals surface area (Å²) in [6, 6.07) is 10.3. The largest absolute Gasteiger partial charge is 0.497 e. The van der Waals surface area contributed by atoms with Gasteiger partial charge in [-0.1, -0.05) is 6.07 Å². The second kappa shape index (κ2) is 6.70. The molecule has 0 spiro atoms. The molecule has 24 heavy (non-hydrogen) atoms. The number of para-hydroxylation sites is 1. The van der Waals surface area contributed by atoms with Crippen molar-refractivity contribution >= 4 is 16.7 Å². The molecule has 0 amide bonds. The van der Waals surface area contributed by atoms with Crippen LogP contribution in [0.25, 0.3) is 10.9 Å². The molecule has 3 rings (SSSR count). The number of nitrogens with zero attached hydrogens (tertiary/aromatic N) is 2. The van der Waals surface area contributed by atoms with Crippen LogP contribution in [0, 0.1) is 5.82 Å². The Kier molecular flexibility index (Phi) is 4.46. The maximum Gasteiger partial charge on any atom is 0.149 e. The van der Waals surface area contributed by atoms with Gasteiger partial charge in [0.05, 0.1) is 20.3 Å². The van der Waals surface area contributed by atoms with E-state index in [1.807, 2.05) is 25.1 Å². The summed E-state index contributed by atoms with van der Waals surface area (Å²) in [6.07, 6.45) is 1.35. The Morgan fingerprint density at radius 1 is 1.08 bits per heavy atom. The number of rotatable bonds is 5. The smallest absolute Gasteiger partial charge is 0.149 e. The number of hydrogen-bond donors (Lipinski definition) is 1. The minimum atomic E-state index is -0.371. The van der Waals surface area contributed by atoms with Gasteiger partial charge in [-0.3, -0.25) is 0 Å². The summed E-state index contributed by atoms with van der Waals surface area (Å²) in [5, 5.41) is 3.93. The lowest BCUT2D eigenvalue weighted by Gasteiger charge is -2.19. The van der Waals surface area contributed by atoms with Crippen LogP contribution in [0.5, 0.6) is 11.5 Å². The Morgan fingerprint density at radius 2 is 1.92 bits per heavy atom. The molecule has 0 aliphatic carbocycles. The first-order chi connectivity index (χ1) is 11.6. The predicted octanol–water partition coefficient (Wildman–Crippen LogP) is 3.96. The Labute approximate surface area is 139 Å². The first-order valence-corrected chi connectivity index (χ1v) is 7.51. The second-order valence-electron chi connectivity index (χ2n) is 5.33. The van der Waals surface area contributed by atoms with Crippen LogP contribution in [0.2, 0.25) is 0 Å². The maximum atomic E-state index is 13.9. The van der Waals surface area contributed by atoms with Gasteiger partial charge in [-0.15, -0.1) is 0 Å². The van der Waals surface area contributed by atoms with Crippen LogP contribution in [0.4, 0.5) is 10.2 Å². The molecule has 1 atom stereocenters. The van der Waals surface area contributed by atoms with Crippen LogP contribution < -0.4 is 14.8 Å². The van der Waals surface area contributed by atoms with Crippen molar-refractivity contribution in [3.05, 3.63) is 54.1 Å². The van der Waals surface area contributed by atoms with Gasteiger partial charge >= 0.3 is 0 Å². The van der Waals surface area contributed by atoms with Crippen molar-refractivity contribution in [1.82, 2.24) is 9.97 Å². The lowest BCUT2D eigenvalue weighted by Crippen LogP contribution is -2.10. The molecule has 3 aromatic rings. The number of hydrogen-bond acceptors (Lipinski definition) is 5. The van der Waals surface area contributed by atoms with Crippen LogP contribution >= 0.6 is 0 Å². The number of ether oxygens (including phenoxy) is 2. The van der Waals surface area contributed by atoms with Gasteiger partial charge in [-0.2, -0.15) is 0 Å². The van der Waals surface area contributed by atoms with Crippen molar-refractivity contribution in [3.8, 4) is 11.5 Å². The number of fused-ring (bicyclic) bond motifs is 1. The third-order valence-corrected chi connectivity index (χ3v) is 3.87. The normalized spacial score (nSPS) is 12.0.